The van der Waals surface area contributed by atoms with Gasteiger partial charge in [0.15, 0.2) is 0 Å². The lowest BCUT2D eigenvalue weighted by Crippen LogP contribution is -2.38. The summed E-state index contributed by atoms with van der Waals surface area (Å²) in [5, 5.41) is 2.84. The van der Waals surface area contributed by atoms with Gasteiger partial charge in [0.2, 0.25) is 5.91 Å². The van der Waals surface area contributed by atoms with Crippen LogP contribution in [0, 0.1) is 6.92 Å². The van der Waals surface area contributed by atoms with Gasteiger partial charge in [-0.05, 0) is 44.0 Å². The van der Waals surface area contributed by atoms with Crippen LogP contribution >= 0.6 is 0 Å². The predicted molar refractivity (Wildman–Crippen MR) is 102 cm³/mol. The number of anilines is 1. The SMILES string of the molecule is COc1ccc(NC(=O)c2cnc([C@@H]3CCCN(C(C)=O)C3)nc2C)cc1. The Hall–Kier alpha value is -2.96. The molecule has 1 aliphatic rings. The first kappa shape index (κ1) is 18.8. The highest BCUT2D eigenvalue weighted by Gasteiger charge is 2.25. The van der Waals surface area contributed by atoms with Crippen molar-refractivity contribution in [3.63, 3.8) is 0 Å². The van der Waals surface area contributed by atoms with E-state index in [-0.39, 0.29) is 17.7 Å². The second kappa shape index (κ2) is 8.16. The molecule has 0 saturated carbocycles. The van der Waals surface area contributed by atoms with Crippen LogP contribution in [-0.2, 0) is 4.79 Å². The smallest absolute Gasteiger partial charge is 0.259 e. The van der Waals surface area contributed by atoms with Gasteiger partial charge >= 0.3 is 0 Å². The monoisotopic (exact) mass is 368 g/mol. The third kappa shape index (κ3) is 4.42. The molecule has 2 amide bonds. The normalized spacial score (nSPS) is 16.7. The van der Waals surface area contributed by atoms with Crippen molar-refractivity contribution in [3.05, 3.63) is 47.5 Å². The van der Waals surface area contributed by atoms with Crippen LogP contribution in [0.3, 0.4) is 0 Å². The Morgan fingerprint density at radius 1 is 1.26 bits per heavy atom. The predicted octanol–water partition coefficient (Wildman–Crippen LogP) is 2.77. The van der Waals surface area contributed by atoms with E-state index in [1.54, 1.807) is 51.4 Å². The molecule has 1 N–H and O–H groups in total. The summed E-state index contributed by atoms with van der Waals surface area (Å²) in [4.78, 5) is 35.0. The van der Waals surface area contributed by atoms with Gasteiger partial charge in [0.25, 0.3) is 5.91 Å². The van der Waals surface area contributed by atoms with Gasteiger partial charge in [-0.15, -0.1) is 0 Å². The molecule has 0 bridgehead atoms. The van der Waals surface area contributed by atoms with Gasteiger partial charge in [0.05, 0.1) is 18.4 Å². The fourth-order valence-corrected chi connectivity index (χ4v) is 3.25. The van der Waals surface area contributed by atoms with E-state index >= 15 is 0 Å². The molecule has 1 aromatic carbocycles. The summed E-state index contributed by atoms with van der Waals surface area (Å²) in [5.41, 5.74) is 1.74. The van der Waals surface area contributed by atoms with Gasteiger partial charge in [-0.1, -0.05) is 0 Å². The third-order valence-electron chi connectivity index (χ3n) is 4.82. The Balaban J connectivity index is 1.71. The maximum atomic E-state index is 12.5. The molecule has 0 aliphatic carbocycles. The Morgan fingerprint density at radius 3 is 2.63 bits per heavy atom. The molecule has 27 heavy (non-hydrogen) atoms. The van der Waals surface area contributed by atoms with Crippen LogP contribution in [0.5, 0.6) is 5.75 Å². The number of hydrogen-bond donors (Lipinski definition) is 1. The minimum absolute atomic E-state index is 0.0758. The number of amides is 2. The Labute approximate surface area is 158 Å². The minimum atomic E-state index is -0.252. The summed E-state index contributed by atoms with van der Waals surface area (Å²) >= 11 is 0. The van der Waals surface area contributed by atoms with Gasteiger partial charge < -0.3 is 15.0 Å². The van der Waals surface area contributed by atoms with Crippen molar-refractivity contribution in [1.82, 2.24) is 14.9 Å². The molecule has 1 saturated heterocycles. The number of nitrogens with one attached hydrogen (secondary N) is 1. The number of rotatable bonds is 4. The topological polar surface area (TPSA) is 84.4 Å². The van der Waals surface area contributed by atoms with E-state index in [1.165, 1.54) is 0 Å². The minimum Gasteiger partial charge on any atom is -0.497 e. The number of carbonyl (C=O) groups is 2. The van der Waals surface area contributed by atoms with Gasteiger partial charge in [0, 0.05) is 37.8 Å². The van der Waals surface area contributed by atoms with Crippen LogP contribution in [0.4, 0.5) is 5.69 Å². The lowest BCUT2D eigenvalue weighted by Gasteiger charge is -2.31. The van der Waals surface area contributed by atoms with Gasteiger partial charge in [-0.3, -0.25) is 9.59 Å². The molecule has 0 unspecified atom stereocenters. The van der Waals surface area contributed by atoms with E-state index < -0.39 is 0 Å². The first-order valence-corrected chi connectivity index (χ1v) is 9.02. The van der Waals surface area contributed by atoms with E-state index in [9.17, 15) is 9.59 Å². The lowest BCUT2D eigenvalue weighted by atomic mass is 9.97. The summed E-state index contributed by atoms with van der Waals surface area (Å²) in [6.45, 7) is 4.81. The molecule has 142 valence electrons. The molecule has 7 nitrogen and oxygen atoms in total. The lowest BCUT2D eigenvalue weighted by molar-refractivity contribution is -0.130. The second-order valence-electron chi connectivity index (χ2n) is 6.71. The molecular weight excluding hydrogens is 344 g/mol. The molecule has 1 atom stereocenters. The van der Waals surface area contributed by atoms with Crippen LogP contribution in [0.25, 0.3) is 0 Å². The molecule has 1 aliphatic heterocycles. The number of benzene rings is 1. The fraction of sp³-hybridized carbons (Fsp3) is 0.400. The van der Waals surface area contributed by atoms with Crippen molar-refractivity contribution in [2.75, 3.05) is 25.5 Å². The maximum Gasteiger partial charge on any atom is 0.259 e. The molecule has 1 aromatic heterocycles. The van der Waals surface area contributed by atoms with E-state index in [0.29, 0.717) is 29.3 Å². The molecule has 2 heterocycles. The number of aryl methyl sites for hydroxylation is 1. The third-order valence-corrected chi connectivity index (χ3v) is 4.82. The number of piperidine rings is 1. The van der Waals surface area contributed by atoms with Crippen LogP contribution in [0.15, 0.2) is 30.5 Å². The quantitative estimate of drug-likeness (QED) is 0.897. The Kier molecular flexibility index (Phi) is 5.69. The highest BCUT2D eigenvalue weighted by Crippen LogP contribution is 2.25. The van der Waals surface area contributed by atoms with Crippen molar-refractivity contribution in [2.45, 2.75) is 32.6 Å². The number of carbonyl (C=O) groups excluding carboxylic acids is 2. The van der Waals surface area contributed by atoms with Crippen molar-refractivity contribution in [2.24, 2.45) is 0 Å². The van der Waals surface area contributed by atoms with Crippen LogP contribution in [0.1, 0.15) is 47.6 Å². The van der Waals surface area contributed by atoms with Crippen molar-refractivity contribution in [3.8, 4) is 5.75 Å². The standard InChI is InChI=1S/C20H24N4O3/c1-13-18(20(26)23-16-6-8-17(27-3)9-7-16)11-21-19(22-13)15-5-4-10-24(12-15)14(2)25/h6-9,11,15H,4-5,10,12H2,1-3H3,(H,23,26)/t15-/m1/s1. The number of methoxy groups -OCH3 is 1. The highest BCUT2D eigenvalue weighted by molar-refractivity contribution is 6.04. The van der Waals surface area contributed by atoms with Crippen LogP contribution in [0.2, 0.25) is 0 Å². The number of ether oxygens (including phenoxy) is 1. The number of nitrogens with zero attached hydrogens (tertiary/aromatic N) is 3. The Bertz CT molecular complexity index is 836. The molecular formula is C20H24N4O3. The van der Waals surface area contributed by atoms with Crippen LogP contribution < -0.4 is 10.1 Å². The average Bonchev–Trinajstić information content (AvgIpc) is 2.68. The zero-order valence-corrected chi connectivity index (χ0v) is 15.9. The molecule has 2 aromatic rings. The second-order valence-corrected chi connectivity index (χ2v) is 6.71. The van der Waals surface area contributed by atoms with Crippen LogP contribution in [-0.4, -0.2) is 46.9 Å². The van der Waals surface area contributed by atoms with Gasteiger partial charge in [0.1, 0.15) is 11.6 Å². The van der Waals surface area contributed by atoms with Crippen molar-refractivity contribution < 1.29 is 14.3 Å². The number of hydrogen-bond acceptors (Lipinski definition) is 5. The first-order chi connectivity index (χ1) is 13.0. The molecule has 7 heteroatoms. The fourth-order valence-electron chi connectivity index (χ4n) is 3.25. The van der Waals surface area contributed by atoms with E-state index in [0.717, 1.165) is 25.1 Å². The molecule has 3 rings (SSSR count). The Morgan fingerprint density at radius 2 is 2.00 bits per heavy atom. The summed E-state index contributed by atoms with van der Waals surface area (Å²) in [6.07, 6.45) is 3.45. The molecule has 1 fully saturated rings. The largest absolute Gasteiger partial charge is 0.497 e. The van der Waals surface area contributed by atoms with E-state index in [1.807, 2.05) is 4.90 Å². The average molecular weight is 368 g/mol. The summed E-state index contributed by atoms with van der Waals surface area (Å²) in [7, 11) is 1.60. The zero-order chi connectivity index (χ0) is 19.4. The zero-order valence-electron chi connectivity index (χ0n) is 15.9. The van der Waals surface area contributed by atoms with Crippen molar-refractivity contribution in [1.29, 1.82) is 0 Å². The number of aromatic nitrogens is 2. The summed E-state index contributed by atoms with van der Waals surface area (Å²) in [6, 6.07) is 7.12. The summed E-state index contributed by atoms with van der Waals surface area (Å²) < 4.78 is 5.11. The highest BCUT2D eigenvalue weighted by atomic mass is 16.5. The van der Waals surface area contributed by atoms with Gasteiger partial charge in [-0.25, -0.2) is 9.97 Å². The summed E-state index contributed by atoms with van der Waals surface area (Å²) in [5.74, 6) is 1.36. The first-order valence-electron chi connectivity index (χ1n) is 9.02. The maximum absolute atomic E-state index is 12.5. The van der Waals surface area contributed by atoms with E-state index in [4.69, 9.17) is 4.74 Å². The van der Waals surface area contributed by atoms with Crippen molar-refractivity contribution >= 4 is 17.5 Å². The van der Waals surface area contributed by atoms with Gasteiger partial charge in [-0.2, -0.15) is 0 Å². The van der Waals surface area contributed by atoms with E-state index in [2.05, 4.69) is 15.3 Å². The number of likely N-dealkylation sites (tertiary alicyclic amines) is 1. The molecule has 0 radical (unpaired) electrons. The molecule has 0 spiro atoms.